The van der Waals surface area contributed by atoms with Crippen LogP contribution in [0.15, 0.2) is 42.5 Å². The van der Waals surface area contributed by atoms with E-state index in [1.165, 1.54) is 30.2 Å². The van der Waals surface area contributed by atoms with Gasteiger partial charge in [0.2, 0.25) is 0 Å². The van der Waals surface area contributed by atoms with Crippen LogP contribution in [0, 0.1) is 5.92 Å². The molecule has 1 aliphatic rings. The Hall–Kier alpha value is -3.04. The lowest BCUT2D eigenvalue weighted by molar-refractivity contribution is -0.114. The molecular formula is C27H30N2O5S2. The first-order chi connectivity index (χ1) is 17.2. The molecular weight excluding hydrogens is 496 g/mol. The Morgan fingerprint density at radius 1 is 1.08 bits per heavy atom. The number of hydrogen-bond acceptors (Lipinski definition) is 7. The number of fused-ring (bicyclic) bond motifs is 1. The van der Waals surface area contributed by atoms with Crippen molar-refractivity contribution in [2.24, 2.45) is 5.92 Å². The first-order valence-electron chi connectivity index (χ1n) is 11.8. The molecule has 1 aliphatic heterocycles. The summed E-state index contributed by atoms with van der Waals surface area (Å²) in [6.07, 6.45) is 1.60. The summed E-state index contributed by atoms with van der Waals surface area (Å²) in [5, 5.41) is 8.10. The fraction of sp³-hybridized carbons (Fsp3) is 0.370. The number of urea groups is 1. The van der Waals surface area contributed by atoms with Gasteiger partial charge in [-0.15, -0.1) is 11.3 Å². The second-order valence-corrected chi connectivity index (χ2v) is 11.8. The molecule has 0 radical (unpaired) electrons. The molecule has 190 valence electrons. The normalized spacial score (nSPS) is 15.7. The Kier molecular flexibility index (Phi) is 7.90. The van der Waals surface area contributed by atoms with Gasteiger partial charge in [-0.2, -0.15) is 0 Å². The van der Waals surface area contributed by atoms with Crippen LogP contribution in [0.2, 0.25) is 0 Å². The van der Waals surface area contributed by atoms with Crippen LogP contribution in [0.3, 0.4) is 0 Å². The van der Waals surface area contributed by atoms with Crippen molar-refractivity contribution in [3.8, 4) is 5.75 Å². The van der Waals surface area contributed by atoms with E-state index in [1.807, 2.05) is 51.1 Å². The Balaban J connectivity index is 1.50. The average molecular weight is 527 g/mol. The van der Waals surface area contributed by atoms with Crippen molar-refractivity contribution < 1.29 is 23.9 Å². The minimum atomic E-state index is -0.498. The first kappa shape index (κ1) is 26.0. The van der Waals surface area contributed by atoms with E-state index in [2.05, 4.69) is 10.6 Å². The second-order valence-electron chi connectivity index (χ2n) is 9.62. The average Bonchev–Trinajstić information content (AvgIpc) is 3.46. The van der Waals surface area contributed by atoms with Crippen LogP contribution in [0.1, 0.15) is 48.8 Å². The largest absolute Gasteiger partial charge is 0.493 e. The summed E-state index contributed by atoms with van der Waals surface area (Å²) in [6.45, 7) is 6.59. The molecule has 1 saturated heterocycles. The number of carbonyl (C=O) groups is 3. The summed E-state index contributed by atoms with van der Waals surface area (Å²) in [7, 11) is 1.32. The smallest absolute Gasteiger partial charge is 0.340 e. The zero-order valence-electron chi connectivity index (χ0n) is 20.8. The number of anilines is 2. The van der Waals surface area contributed by atoms with Gasteiger partial charge in [-0.25, -0.2) is 9.59 Å². The van der Waals surface area contributed by atoms with Crippen LogP contribution in [0.25, 0.3) is 10.8 Å². The van der Waals surface area contributed by atoms with Gasteiger partial charge in [-0.3, -0.25) is 10.1 Å². The third-order valence-electron chi connectivity index (χ3n) is 6.00. The minimum absolute atomic E-state index is 0.0665. The fourth-order valence-electron chi connectivity index (χ4n) is 3.99. The molecule has 0 bridgehead atoms. The highest BCUT2D eigenvalue weighted by Gasteiger charge is 2.26. The molecule has 2 amide bonds. The molecule has 2 aromatic carbocycles. The van der Waals surface area contributed by atoms with Crippen LogP contribution in [-0.2, 0) is 14.9 Å². The number of hydrogen-bond donors (Lipinski definition) is 2. The monoisotopic (exact) mass is 526 g/mol. The number of thioether (sulfide) groups is 1. The van der Waals surface area contributed by atoms with E-state index in [1.54, 1.807) is 12.1 Å². The molecule has 0 spiro atoms. The lowest BCUT2D eigenvalue weighted by Gasteiger charge is -2.15. The molecule has 3 aromatic rings. The highest BCUT2D eigenvalue weighted by molar-refractivity contribution is 8.14. The maximum absolute atomic E-state index is 12.9. The lowest BCUT2D eigenvalue weighted by atomic mass is 9.94. The fourth-order valence-corrected chi connectivity index (χ4v) is 6.16. The van der Waals surface area contributed by atoms with Crippen LogP contribution in [0.5, 0.6) is 5.75 Å². The number of amides is 2. The van der Waals surface area contributed by atoms with Gasteiger partial charge in [0, 0.05) is 27.3 Å². The Bertz CT molecular complexity index is 1300. The van der Waals surface area contributed by atoms with Crippen molar-refractivity contribution in [2.45, 2.75) is 39.0 Å². The van der Waals surface area contributed by atoms with Crippen molar-refractivity contribution in [1.82, 2.24) is 0 Å². The van der Waals surface area contributed by atoms with Crippen molar-refractivity contribution in [3.05, 3.63) is 52.9 Å². The SMILES string of the molecule is COC(=O)c1cc(C(C)(C)C)sc1NC(=O)Nc1ccc(OCCC2CCSC2=O)c2ccccc12. The highest BCUT2D eigenvalue weighted by Crippen LogP contribution is 2.37. The molecule has 36 heavy (non-hydrogen) atoms. The van der Waals surface area contributed by atoms with E-state index in [0.29, 0.717) is 35.0 Å². The van der Waals surface area contributed by atoms with E-state index in [4.69, 9.17) is 9.47 Å². The van der Waals surface area contributed by atoms with Crippen LogP contribution >= 0.6 is 23.1 Å². The molecule has 0 saturated carbocycles. The van der Waals surface area contributed by atoms with Crippen molar-refractivity contribution >= 4 is 61.7 Å². The summed E-state index contributed by atoms with van der Waals surface area (Å²) in [5.41, 5.74) is 0.764. The molecule has 2 heterocycles. The van der Waals surface area contributed by atoms with Crippen LogP contribution in [0.4, 0.5) is 15.5 Å². The Morgan fingerprint density at radius 2 is 1.83 bits per heavy atom. The van der Waals surface area contributed by atoms with Crippen molar-refractivity contribution in [2.75, 3.05) is 30.1 Å². The number of rotatable bonds is 7. The molecule has 7 nitrogen and oxygen atoms in total. The summed E-state index contributed by atoms with van der Waals surface area (Å²) >= 11 is 2.76. The molecule has 2 N–H and O–H groups in total. The molecule has 1 atom stereocenters. The van der Waals surface area contributed by atoms with Crippen LogP contribution in [-0.4, -0.2) is 36.6 Å². The zero-order chi connectivity index (χ0) is 25.9. The number of carbonyl (C=O) groups excluding carboxylic acids is 3. The molecule has 9 heteroatoms. The van der Waals surface area contributed by atoms with Gasteiger partial charge in [-0.1, -0.05) is 56.8 Å². The quantitative estimate of drug-likeness (QED) is 0.334. The topological polar surface area (TPSA) is 93.7 Å². The van der Waals surface area contributed by atoms with E-state index in [-0.39, 0.29) is 16.4 Å². The van der Waals surface area contributed by atoms with Gasteiger partial charge in [0.1, 0.15) is 10.8 Å². The lowest BCUT2D eigenvalue weighted by Crippen LogP contribution is -2.20. The van der Waals surface area contributed by atoms with Gasteiger partial charge in [0.25, 0.3) is 0 Å². The van der Waals surface area contributed by atoms with Crippen molar-refractivity contribution in [3.63, 3.8) is 0 Å². The van der Waals surface area contributed by atoms with Crippen molar-refractivity contribution in [1.29, 1.82) is 0 Å². The summed E-state index contributed by atoms with van der Waals surface area (Å²) in [5.74, 6) is 1.16. The molecule has 1 aromatic heterocycles. The number of methoxy groups -OCH3 is 1. The Labute approximate surface area is 218 Å². The number of esters is 1. The van der Waals surface area contributed by atoms with E-state index in [0.717, 1.165) is 27.8 Å². The zero-order valence-corrected chi connectivity index (χ0v) is 22.4. The van der Waals surface area contributed by atoms with Gasteiger partial charge in [0.05, 0.1) is 25.0 Å². The predicted molar refractivity (Wildman–Crippen MR) is 147 cm³/mol. The van der Waals surface area contributed by atoms with E-state index in [9.17, 15) is 14.4 Å². The molecule has 1 unspecified atom stereocenters. The first-order valence-corrected chi connectivity index (χ1v) is 13.6. The maximum Gasteiger partial charge on any atom is 0.340 e. The van der Waals surface area contributed by atoms with Gasteiger partial charge in [-0.05, 0) is 36.5 Å². The number of benzene rings is 2. The predicted octanol–water partition coefficient (Wildman–Crippen LogP) is 6.68. The number of ether oxygens (including phenoxy) is 2. The van der Waals surface area contributed by atoms with Gasteiger partial charge in [0.15, 0.2) is 5.12 Å². The Morgan fingerprint density at radius 3 is 2.50 bits per heavy atom. The molecule has 4 rings (SSSR count). The number of thiophene rings is 1. The third-order valence-corrected chi connectivity index (χ3v) is 8.54. The van der Waals surface area contributed by atoms with E-state index < -0.39 is 12.0 Å². The van der Waals surface area contributed by atoms with Gasteiger partial charge < -0.3 is 14.8 Å². The summed E-state index contributed by atoms with van der Waals surface area (Å²) in [6, 6.07) is 12.6. The number of nitrogens with one attached hydrogen (secondary N) is 2. The minimum Gasteiger partial charge on any atom is -0.493 e. The molecule has 1 fully saturated rings. The highest BCUT2D eigenvalue weighted by atomic mass is 32.2. The summed E-state index contributed by atoms with van der Waals surface area (Å²) in [4.78, 5) is 38.1. The van der Waals surface area contributed by atoms with E-state index >= 15 is 0 Å². The van der Waals surface area contributed by atoms with Gasteiger partial charge >= 0.3 is 12.0 Å². The summed E-state index contributed by atoms with van der Waals surface area (Å²) < 4.78 is 10.9. The molecule has 0 aliphatic carbocycles. The maximum atomic E-state index is 12.9. The third kappa shape index (κ3) is 5.84. The van der Waals surface area contributed by atoms with Crippen LogP contribution < -0.4 is 15.4 Å². The standard InChI is InChI=1S/C27H30N2O5S2/c1-27(2,3)22-15-19(24(30)33-4)23(36-22)29-26(32)28-20-9-10-21(18-8-6-5-7-17(18)20)34-13-11-16-12-14-35-25(16)31/h5-10,15-16H,11-14H2,1-4H3,(H2,28,29,32). The second kappa shape index (κ2) is 10.9.